The summed E-state index contributed by atoms with van der Waals surface area (Å²) in [5, 5.41) is 18.6. The summed E-state index contributed by atoms with van der Waals surface area (Å²) < 4.78 is 4.85. The largest absolute Gasteiger partial charge is 0.464 e. The Bertz CT molecular complexity index is 1060. The van der Waals surface area contributed by atoms with Gasteiger partial charge in [0, 0.05) is 12.5 Å². The number of hydrogen-bond donors (Lipinski definition) is 4. The van der Waals surface area contributed by atoms with Crippen LogP contribution in [-0.4, -0.2) is 50.9 Å². The molecule has 3 aromatic rings. The van der Waals surface area contributed by atoms with Crippen molar-refractivity contribution in [1.29, 1.82) is 0 Å². The van der Waals surface area contributed by atoms with Crippen LogP contribution in [0.5, 0.6) is 0 Å². The van der Waals surface area contributed by atoms with Crippen molar-refractivity contribution >= 4 is 11.9 Å². The second kappa shape index (κ2) is 10.4. The molecule has 162 valence electrons. The average molecular weight is 424 g/mol. The molecule has 0 aliphatic heterocycles. The van der Waals surface area contributed by atoms with Gasteiger partial charge in [-0.1, -0.05) is 54.6 Å². The Kier molecular flexibility index (Phi) is 7.34. The zero-order chi connectivity index (χ0) is 22.2. The molecule has 2 atom stereocenters. The van der Waals surface area contributed by atoms with E-state index in [-0.39, 0.29) is 18.9 Å². The number of aromatic nitrogens is 3. The zero-order valence-corrected chi connectivity index (χ0v) is 17.0. The predicted octanol–water partition coefficient (Wildman–Crippen LogP) is 1.42. The number of ether oxygens (including phenoxy) is 1. The van der Waals surface area contributed by atoms with E-state index in [1.54, 1.807) is 6.92 Å². The third-order valence-electron chi connectivity index (χ3n) is 4.66. The van der Waals surface area contributed by atoms with Crippen molar-refractivity contribution in [3.8, 4) is 11.1 Å². The number of hydrogen-bond acceptors (Lipinski definition) is 6. The summed E-state index contributed by atoms with van der Waals surface area (Å²) in [4.78, 5) is 37.7. The molecule has 0 saturated carbocycles. The van der Waals surface area contributed by atoms with Crippen LogP contribution in [0.4, 0.5) is 0 Å². The van der Waals surface area contributed by atoms with Gasteiger partial charge in [-0.3, -0.25) is 9.78 Å². The summed E-state index contributed by atoms with van der Waals surface area (Å²) >= 11 is 0. The highest BCUT2D eigenvalue weighted by molar-refractivity contribution is 5.90. The zero-order valence-electron chi connectivity index (χ0n) is 17.0. The lowest BCUT2D eigenvalue weighted by atomic mass is 9.98. The van der Waals surface area contributed by atoms with Crippen LogP contribution in [0.3, 0.4) is 0 Å². The molecule has 0 saturated heterocycles. The highest BCUT2D eigenvalue weighted by Gasteiger charge is 2.24. The number of carbonyl (C=O) groups is 2. The first-order chi connectivity index (χ1) is 15.0. The van der Waals surface area contributed by atoms with Crippen LogP contribution < -0.4 is 11.0 Å². The summed E-state index contributed by atoms with van der Waals surface area (Å²) in [5.74, 6) is -1.56. The maximum atomic E-state index is 12.4. The molecule has 2 aromatic carbocycles. The molecule has 3 rings (SSSR count). The number of carbonyl (C=O) groups excluding carboxylic acids is 2. The Balaban J connectivity index is 1.74. The molecule has 0 unspecified atom stereocenters. The average Bonchev–Trinajstić information content (AvgIpc) is 3.21. The number of nitrogens with zero attached hydrogens (tertiary/aromatic N) is 1. The molecule has 31 heavy (non-hydrogen) atoms. The number of esters is 1. The molecule has 1 heterocycles. The van der Waals surface area contributed by atoms with Gasteiger partial charge in [-0.05, 0) is 30.0 Å². The van der Waals surface area contributed by atoms with Gasteiger partial charge in [-0.15, -0.1) is 5.10 Å². The molecule has 9 heteroatoms. The van der Waals surface area contributed by atoms with Gasteiger partial charge in [0.05, 0.1) is 6.61 Å². The summed E-state index contributed by atoms with van der Waals surface area (Å²) in [7, 11) is 0. The summed E-state index contributed by atoms with van der Waals surface area (Å²) in [6.07, 6.45) is -1.10. The minimum Gasteiger partial charge on any atom is -0.464 e. The molecular formula is C22H24N4O5. The highest BCUT2D eigenvalue weighted by atomic mass is 16.5. The summed E-state index contributed by atoms with van der Waals surface area (Å²) in [5.41, 5.74) is 2.42. The number of amides is 1. The van der Waals surface area contributed by atoms with Crippen molar-refractivity contribution in [3.05, 3.63) is 76.5 Å². The Labute approximate surface area is 178 Å². The minimum atomic E-state index is -1.40. The van der Waals surface area contributed by atoms with E-state index in [4.69, 9.17) is 4.74 Å². The van der Waals surface area contributed by atoms with Crippen LogP contribution in [-0.2, 0) is 16.0 Å². The van der Waals surface area contributed by atoms with Gasteiger partial charge in [0.1, 0.15) is 0 Å². The number of nitrogens with one attached hydrogen (secondary N) is 3. The SMILES string of the molecule is CCOC(=O)[C@H](O)C[C@@H](Cc1ccc(-c2ccccc2)cc1)NC(=O)c1n[nH]c(=O)[nH]1. The smallest absolute Gasteiger partial charge is 0.341 e. The standard InChI is InChI=1S/C22H24N4O5/c1-2-31-21(29)18(27)13-17(23-20(28)19-24-22(30)26-25-19)12-14-8-10-16(11-9-14)15-6-4-3-5-7-15/h3-11,17-18,27H,2,12-13H2,1H3,(H,23,28)(H2,24,25,26,30)/t17-,18-/m1/s1. The van der Waals surface area contributed by atoms with Crippen LogP contribution in [0.25, 0.3) is 11.1 Å². The van der Waals surface area contributed by atoms with E-state index in [2.05, 4.69) is 20.5 Å². The van der Waals surface area contributed by atoms with Gasteiger partial charge in [0.2, 0.25) is 5.82 Å². The first kappa shape index (κ1) is 22.0. The van der Waals surface area contributed by atoms with Crippen LogP contribution >= 0.6 is 0 Å². The van der Waals surface area contributed by atoms with E-state index >= 15 is 0 Å². The van der Waals surface area contributed by atoms with Crippen LogP contribution in [0.2, 0.25) is 0 Å². The van der Waals surface area contributed by atoms with Crippen LogP contribution in [0.1, 0.15) is 29.5 Å². The molecule has 4 N–H and O–H groups in total. The predicted molar refractivity (Wildman–Crippen MR) is 113 cm³/mol. The number of aliphatic hydroxyl groups is 1. The fourth-order valence-electron chi connectivity index (χ4n) is 3.18. The second-order valence-electron chi connectivity index (χ2n) is 6.97. The van der Waals surface area contributed by atoms with Crippen molar-refractivity contribution in [1.82, 2.24) is 20.5 Å². The Morgan fingerprint density at radius 3 is 2.39 bits per heavy atom. The maximum Gasteiger partial charge on any atom is 0.341 e. The van der Waals surface area contributed by atoms with E-state index in [0.717, 1.165) is 16.7 Å². The van der Waals surface area contributed by atoms with E-state index in [0.29, 0.717) is 6.42 Å². The monoisotopic (exact) mass is 424 g/mol. The highest BCUT2D eigenvalue weighted by Crippen LogP contribution is 2.20. The topological polar surface area (TPSA) is 137 Å². The molecule has 0 fully saturated rings. The number of aliphatic hydroxyl groups excluding tert-OH is 1. The van der Waals surface area contributed by atoms with Gasteiger partial charge in [0.15, 0.2) is 6.10 Å². The quantitative estimate of drug-likeness (QED) is 0.384. The number of H-pyrrole nitrogens is 2. The number of rotatable bonds is 9. The third kappa shape index (κ3) is 6.13. The lowest BCUT2D eigenvalue weighted by Crippen LogP contribution is -2.41. The number of benzene rings is 2. The molecule has 1 aromatic heterocycles. The molecule has 0 bridgehead atoms. The van der Waals surface area contributed by atoms with Crippen molar-refractivity contribution < 1.29 is 19.4 Å². The normalized spacial score (nSPS) is 12.7. The molecule has 0 spiro atoms. The molecule has 1 amide bonds. The summed E-state index contributed by atoms with van der Waals surface area (Å²) in [6, 6.07) is 17.1. The maximum absolute atomic E-state index is 12.4. The fourth-order valence-corrected chi connectivity index (χ4v) is 3.18. The minimum absolute atomic E-state index is 0.0559. The second-order valence-corrected chi connectivity index (χ2v) is 6.97. The van der Waals surface area contributed by atoms with Crippen LogP contribution in [0.15, 0.2) is 59.4 Å². The Morgan fingerprint density at radius 1 is 1.10 bits per heavy atom. The van der Waals surface area contributed by atoms with E-state index < -0.39 is 29.7 Å². The Morgan fingerprint density at radius 2 is 1.77 bits per heavy atom. The molecule has 0 aliphatic rings. The lowest BCUT2D eigenvalue weighted by molar-refractivity contribution is -0.153. The van der Waals surface area contributed by atoms with Crippen LogP contribution in [0, 0.1) is 0 Å². The lowest BCUT2D eigenvalue weighted by Gasteiger charge is -2.21. The molecule has 0 aliphatic carbocycles. The van der Waals surface area contributed by atoms with Gasteiger partial charge in [0.25, 0.3) is 5.91 Å². The number of aromatic amines is 2. The molecule has 0 radical (unpaired) electrons. The van der Waals surface area contributed by atoms with E-state index in [1.165, 1.54) is 0 Å². The van der Waals surface area contributed by atoms with Gasteiger partial charge in [-0.25, -0.2) is 14.7 Å². The van der Waals surface area contributed by atoms with E-state index in [1.807, 2.05) is 54.6 Å². The summed E-state index contributed by atoms with van der Waals surface area (Å²) in [6.45, 7) is 1.79. The van der Waals surface area contributed by atoms with Gasteiger partial charge in [-0.2, -0.15) is 0 Å². The molecular weight excluding hydrogens is 400 g/mol. The first-order valence-corrected chi connectivity index (χ1v) is 9.91. The molecule has 9 nitrogen and oxygen atoms in total. The van der Waals surface area contributed by atoms with Crippen molar-refractivity contribution in [3.63, 3.8) is 0 Å². The fraction of sp³-hybridized carbons (Fsp3) is 0.273. The third-order valence-corrected chi connectivity index (χ3v) is 4.66. The van der Waals surface area contributed by atoms with Crippen molar-refractivity contribution in [2.75, 3.05) is 6.61 Å². The Hall–Kier alpha value is -3.72. The van der Waals surface area contributed by atoms with Crippen molar-refractivity contribution in [2.45, 2.75) is 31.9 Å². The van der Waals surface area contributed by atoms with Crippen molar-refractivity contribution in [2.24, 2.45) is 0 Å². The van der Waals surface area contributed by atoms with Gasteiger partial charge >= 0.3 is 11.7 Å². The van der Waals surface area contributed by atoms with Gasteiger partial charge < -0.3 is 15.2 Å². The van der Waals surface area contributed by atoms with E-state index in [9.17, 15) is 19.5 Å². The first-order valence-electron chi connectivity index (χ1n) is 9.91.